The van der Waals surface area contributed by atoms with Crippen LogP contribution in [0, 0.1) is 0 Å². The topological polar surface area (TPSA) is 54.4 Å². The lowest BCUT2D eigenvalue weighted by atomic mass is 10.1. The number of anilines is 2. The molecule has 0 aromatic heterocycles. The number of hydrogen-bond donors (Lipinski definition) is 0. The SMILES string of the molecule is CCCCOc1ccc(C2=N/C(=C\c3ccc(N(C)C)cc3)C(=O)N2c2ccc(OC)cc2)cc1. The van der Waals surface area contributed by atoms with Gasteiger partial charge in [-0.1, -0.05) is 25.5 Å². The van der Waals surface area contributed by atoms with Crippen molar-refractivity contribution in [3.05, 3.63) is 89.6 Å². The summed E-state index contributed by atoms with van der Waals surface area (Å²) in [6.07, 6.45) is 3.92. The summed E-state index contributed by atoms with van der Waals surface area (Å²) in [6, 6.07) is 23.2. The minimum Gasteiger partial charge on any atom is -0.497 e. The summed E-state index contributed by atoms with van der Waals surface area (Å²) in [5.41, 5.74) is 3.96. The molecule has 0 spiro atoms. The third-order valence-corrected chi connectivity index (χ3v) is 5.78. The number of carbonyl (C=O) groups is 1. The molecule has 6 heteroatoms. The molecule has 0 aliphatic carbocycles. The molecule has 1 heterocycles. The number of rotatable bonds is 9. The van der Waals surface area contributed by atoms with Crippen molar-refractivity contribution in [3.63, 3.8) is 0 Å². The molecule has 0 fully saturated rings. The number of amidine groups is 1. The Kier molecular flexibility index (Phi) is 7.51. The van der Waals surface area contributed by atoms with Crippen LogP contribution in [-0.4, -0.2) is 39.6 Å². The van der Waals surface area contributed by atoms with Gasteiger partial charge >= 0.3 is 0 Å². The second kappa shape index (κ2) is 10.9. The maximum absolute atomic E-state index is 13.5. The number of amides is 1. The second-order valence-corrected chi connectivity index (χ2v) is 8.52. The molecule has 4 rings (SSSR count). The zero-order chi connectivity index (χ0) is 24.8. The van der Waals surface area contributed by atoms with Crippen LogP contribution in [0.5, 0.6) is 11.5 Å². The Hall–Kier alpha value is -4.06. The van der Waals surface area contributed by atoms with Gasteiger partial charge in [0.05, 0.1) is 19.4 Å². The van der Waals surface area contributed by atoms with Crippen LogP contribution in [0.2, 0.25) is 0 Å². The Labute approximate surface area is 207 Å². The number of benzene rings is 3. The van der Waals surface area contributed by atoms with Gasteiger partial charge < -0.3 is 14.4 Å². The monoisotopic (exact) mass is 469 g/mol. The number of methoxy groups -OCH3 is 1. The molecule has 0 unspecified atom stereocenters. The molecule has 1 aliphatic rings. The molecule has 3 aromatic carbocycles. The van der Waals surface area contributed by atoms with Crippen LogP contribution in [0.1, 0.15) is 30.9 Å². The van der Waals surface area contributed by atoms with Crippen molar-refractivity contribution in [1.82, 2.24) is 0 Å². The Morgan fingerprint density at radius 2 is 1.57 bits per heavy atom. The molecule has 1 aliphatic heterocycles. The van der Waals surface area contributed by atoms with Crippen LogP contribution in [0.3, 0.4) is 0 Å². The fourth-order valence-electron chi connectivity index (χ4n) is 3.74. The summed E-state index contributed by atoms with van der Waals surface area (Å²) in [5.74, 6) is 1.94. The van der Waals surface area contributed by atoms with Crippen LogP contribution >= 0.6 is 0 Å². The van der Waals surface area contributed by atoms with Crippen molar-refractivity contribution in [3.8, 4) is 11.5 Å². The number of nitrogens with zero attached hydrogens (tertiary/aromatic N) is 3. The van der Waals surface area contributed by atoms with E-state index < -0.39 is 0 Å². The molecule has 0 saturated heterocycles. The zero-order valence-electron chi connectivity index (χ0n) is 20.7. The van der Waals surface area contributed by atoms with Crippen LogP contribution < -0.4 is 19.3 Å². The van der Waals surface area contributed by atoms with Gasteiger partial charge in [0, 0.05) is 25.3 Å². The first-order valence-electron chi connectivity index (χ1n) is 11.8. The molecule has 1 amide bonds. The number of ether oxygens (including phenoxy) is 2. The highest BCUT2D eigenvalue weighted by Crippen LogP contribution is 2.30. The minimum atomic E-state index is -0.176. The average molecular weight is 470 g/mol. The number of unbranched alkanes of at least 4 members (excludes halogenated alkanes) is 1. The third kappa shape index (κ3) is 5.54. The number of aliphatic imine (C=N–C) groups is 1. The predicted octanol–water partition coefficient (Wildman–Crippen LogP) is 5.77. The molecule has 6 nitrogen and oxygen atoms in total. The van der Waals surface area contributed by atoms with E-state index in [1.165, 1.54) is 0 Å². The quantitative estimate of drug-likeness (QED) is 0.295. The molecule has 0 N–H and O–H groups in total. The van der Waals surface area contributed by atoms with E-state index in [4.69, 9.17) is 14.5 Å². The fourth-order valence-corrected chi connectivity index (χ4v) is 3.74. The largest absolute Gasteiger partial charge is 0.497 e. The Balaban J connectivity index is 1.69. The highest BCUT2D eigenvalue weighted by molar-refractivity contribution is 6.33. The van der Waals surface area contributed by atoms with Crippen molar-refractivity contribution >= 4 is 29.2 Å². The fraction of sp³-hybridized carbons (Fsp3) is 0.241. The van der Waals surface area contributed by atoms with Gasteiger partial charge in [-0.05, 0) is 78.7 Å². The van der Waals surface area contributed by atoms with Gasteiger partial charge in [-0.25, -0.2) is 4.99 Å². The van der Waals surface area contributed by atoms with E-state index in [0.29, 0.717) is 18.1 Å². The summed E-state index contributed by atoms with van der Waals surface area (Å²) in [7, 11) is 5.62. The lowest BCUT2D eigenvalue weighted by Crippen LogP contribution is -2.32. The first-order chi connectivity index (χ1) is 17.0. The van der Waals surface area contributed by atoms with Crippen molar-refractivity contribution in [2.75, 3.05) is 37.6 Å². The minimum absolute atomic E-state index is 0.176. The molecule has 180 valence electrons. The van der Waals surface area contributed by atoms with Gasteiger partial charge in [0.15, 0.2) is 0 Å². The van der Waals surface area contributed by atoms with Crippen LogP contribution in [0.15, 0.2) is 83.5 Å². The molecule has 3 aromatic rings. The van der Waals surface area contributed by atoms with E-state index in [-0.39, 0.29) is 5.91 Å². The molecular formula is C29H31N3O3. The van der Waals surface area contributed by atoms with E-state index in [1.54, 1.807) is 12.0 Å². The maximum Gasteiger partial charge on any atom is 0.282 e. The van der Waals surface area contributed by atoms with Gasteiger partial charge in [0.25, 0.3) is 5.91 Å². The van der Waals surface area contributed by atoms with Crippen molar-refractivity contribution < 1.29 is 14.3 Å². The zero-order valence-corrected chi connectivity index (χ0v) is 20.7. The van der Waals surface area contributed by atoms with Crippen LogP contribution in [0.25, 0.3) is 6.08 Å². The van der Waals surface area contributed by atoms with E-state index >= 15 is 0 Å². The normalized spacial score (nSPS) is 14.3. The Morgan fingerprint density at radius 1 is 0.914 bits per heavy atom. The lowest BCUT2D eigenvalue weighted by Gasteiger charge is -2.19. The first-order valence-corrected chi connectivity index (χ1v) is 11.8. The molecule has 0 radical (unpaired) electrons. The van der Waals surface area contributed by atoms with Crippen molar-refractivity contribution in [1.29, 1.82) is 0 Å². The van der Waals surface area contributed by atoms with Crippen LogP contribution in [0.4, 0.5) is 11.4 Å². The van der Waals surface area contributed by atoms with Crippen molar-refractivity contribution in [2.45, 2.75) is 19.8 Å². The van der Waals surface area contributed by atoms with Gasteiger partial charge in [-0.15, -0.1) is 0 Å². The number of hydrogen-bond acceptors (Lipinski definition) is 5. The molecule has 0 saturated carbocycles. The Morgan fingerprint density at radius 3 is 2.17 bits per heavy atom. The lowest BCUT2D eigenvalue weighted by molar-refractivity contribution is -0.113. The van der Waals surface area contributed by atoms with Gasteiger partial charge in [-0.2, -0.15) is 0 Å². The van der Waals surface area contributed by atoms with Gasteiger partial charge in [0.2, 0.25) is 0 Å². The predicted molar refractivity (Wildman–Crippen MR) is 143 cm³/mol. The maximum atomic E-state index is 13.5. The summed E-state index contributed by atoms with van der Waals surface area (Å²) >= 11 is 0. The molecule has 0 bridgehead atoms. The van der Waals surface area contributed by atoms with E-state index in [1.807, 2.05) is 97.9 Å². The molecule has 35 heavy (non-hydrogen) atoms. The Bertz CT molecular complexity index is 1210. The van der Waals surface area contributed by atoms with Crippen molar-refractivity contribution in [2.24, 2.45) is 4.99 Å². The first kappa shape index (κ1) is 24.1. The van der Waals surface area contributed by atoms with E-state index in [9.17, 15) is 4.79 Å². The molecule has 0 atom stereocenters. The summed E-state index contributed by atoms with van der Waals surface area (Å²) in [6.45, 7) is 2.82. The van der Waals surface area contributed by atoms with E-state index in [0.717, 1.165) is 46.8 Å². The average Bonchev–Trinajstić information content (AvgIpc) is 3.20. The molecular weight excluding hydrogens is 438 g/mol. The summed E-state index contributed by atoms with van der Waals surface area (Å²) in [4.78, 5) is 22.0. The third-order valence-electron chi connectivity index (χ3n) is 5.78. The highest BCUT2D eigenvalue weighted by atomic mass is 16.5. The van der Waals surface area contributed by atoms with Gasteiger partial charge in [-0.3, -0.25) is 9.69 Å². The van der Waals surface area contributed by atoms with Crippen LogP contribution in [-0.2, 0) is 4.79 Å². The highest BCUT2D eigenvalue weighted by Gasteiger charge is 2.32. The summed E-state index contributed by atoms with van der Waals surface area (Å²) < 4.78 is 11.1. The van der Waals surface area contributed by atoms with Gasteiger partial charge in [0.1, 0.15) is 23.0 Å². The number of carbonyl (C=O) groups excluding carboxylic acids is 1. The summed E-state index contributed by atoms with van der Waals surface area (Å²) in [5, 5.41) is 0. The van der Waals surface area contributed by atoms with E-state index in [2.05, 4.69) is 6.92 Å². The standard InChI is InChI=1S/C29H31N3O3/c1-5-6-19-35-26-15-9-22(10-16-26)28-30-27(20-21-7-11-23(12-8-21)31(2)3)29(33)32(28)24-13-17-25(34-4)18-14-24/h7-18,20H,5-6,19H2,1-4H3/b27-20-. The smallest absolute Gasteiger partial charge is 0.282 e. The second-order valence-electron chi connectivity index (χ2n) is 8.52.